The molecule has 3 aromatic rings. The summed E-state index contributed by atoms with van der Waals surface area (Å²) in [6, 6.07) is 20.9. The van der Waals surface area contributed by atoms with Crippen molar-refractivity contribution in [1.82, 2.24) is 5.32 Å². The Morgan fingerprint density at radius 1 is 0.968 bits per heavy atom. The van der Waals surface area contributed by atoms with E-state index in [1.165, 1.54) is 11.4 Å². The summed E-state index contributed by atoms with van der Waals surface area (Å²) >= 11 is 5.91. The molecule has 1 atom stereocenters. The largest absolute Gasteiger partial charge is 0.349 e. The van der Waals surface area contributed by atoms with E-state index in [1.807, 2.05) is 26.0 Å². The van der Waals surface area contributed by atoms with Crippen LogP contribution >= 0.6 is 11.6 Å². The molecule has 0 saturated carbocycles. The topological polar surface area (TPSA) is 66.5 Å². The van der Waals surface area contributed by atoms with Gasteiger partial charge in [0, 0.05) is 12.1 Å². The number of aryl methyl sites for hydroxylation is 1. The summed E-state index contributed by atoms with van der Waals surface area (Å²) in [7, 11) is -2.13. The zero-order valence-electron chi connectivity index (χ0n) is 17.7. The molecule has 0 spiro atoms. The van der Waals surface area contributed by atoms with E-state index in [0.29, 0.717) is 10.7 Å². The van der Waals surface area contributed by atoms with Crippen LogP contribution in [0, 0.1) is 6.92 Å². The summed E-state index contributed by atoms with van der Waals surface area (Å²) in [4.78, 5) is 12.6. The van der Waals surface area contributed by atoms with Crippen molar-refractivity contribution in [2.24, 2.45) is 0 Å². The zero-order valence-corrected chi connectivity index (χ0v) is 19.2. The molecule has 0 heterocycles. The van der Waals surface area contributed by atoms with E-state index in [1.54, 1.807) is 60.7 Å². The molecule has 7 heteroatoms. The van der Waals surface area contributed by atoms with Gasteiger partial charge in [-0.05, 0) is 61.4 Å². The highest BCUT2D eigenvalue weighted by Gasteiger charge is 2.21. The van der Waals surface area contributed by atoms with Crippen molar-refractivity contribution in [2.45, 2.75) is 31.2 Å². The van der Waals surface area contributed by atoms with Crippen LogP contribution in [0.2, 0.25) is 5.02 Å². The van der Waals surface area contributed by atoms with Gasteiger partial charge in [0.25, 0.3) is 10.0 Å². The Hall–Kier alpha value is -2.83. The standard InChI is InChI=1S/C24H25ClN2O3S/c1-17-4-14-23(15-5-17)31(29,30)27(3)22-12-6-19(7-13-22)16-24(28)26-18(2)20-8-10-21(25)11-9-20/h4-15,18H,16H2,1-3H3,(H,26,28)/t18-/m1/s1. The number of anilines is 1. The van der Waals surface area contributed by atoms with Crippen LogP contribution in [0.15, 0.2) is 77.7 Å². The Morgan fingerprint density at radius 3 is 2.13 bits per heavy atom. The molecule has 0 aliphatic carbocycles. The lowest BCUT2D eigenvalue weighted by molar-refractivity contribution is -0.121. The van der Waals surface area contributed by atoms with Crippen molar-refractivity contribution < 1.29 is 13.2 Å². The normalized spacial score (nSPS) is 12.3. The van der Waals surface area contributed by atoms with Crippen molar-refractivity contribution in [3.05, 3.63) is 94.5 Å². The predicted octanol–water partition coefficient (Wildman–Crippen LogP) is 4.89. The van der Waals surface area contributed by atoms with Gasteiger partial charge >= 0.3 is 0 Å². The molecule has 0 aromatic heterocycles. The SMILES string of the molecule is Cc1ccc(S(=O)(=O)N(C)c2ccc(CC(=O)N[C@H](C)c3ccc(Cl)cc3)cc2)cc1. The van der Waals surface area contributed by atoms with Crippen LogP contribution in [0.5, 0.6) is 0 Å². The molecule has 5 nitrogen and oxygen atoms in total. The quantitative estimate of drug-likeness (QED) is 0.550. The van der Waals surface area contributed by atoms with E-state index in [-0.39, 0.29) is 23.3 Å². The number of nitrogens with one attached hydrogen (secondary N) is 1. The molecular weight excluding hydrogens is 432 g/mol. The maximum absolute atomic E-state index is 12.8. The fourth-order valence-corrected chi connectivity index (χ4v) is 4.47. The summed E-state index contributed by atoms with van der Waals surface area (Å²) < 4.78 is 26.9. The molecular formula is C24H25ClN2O3S. The predicted molar refractivity (Wildman–Crippen MR) is 125 cm³/mol. The van der Waals surface area contributed by atoms with Crippen molar-refractivity contribution >= 4 is 33.2 Å². The van der Waals surface area contributed by atoms with Crippen LogP contribution in [-0.4, -0.2) is 21.4 Å². The summed E-state index contributed by atoms with van der Waals surface area (Å²) in [5, 5.41) is 3.61. The Labute approximate surface area is 188 Å². The summed E-state index contributed by atoms with van der Waals surface area (Å²) in [5.74, 6) is -0.115. The maximum Gasteiger partial charge on any atom is 0.264 e. The molecule has 0 saturated heterocycles. The molecule has 3 rings (SSSR count). The fraction of sp³-hybridized carbons (Fsp3) is 0.208. The van der Waals surface area contributed by atoms with E-state index in [9.17, 15) is 13.2 Å². The van der Waals surface area contributed by atoms with Gasteiger partial charge in [0.1, 0.15) is 0 Å². The van der Waals surface area contributed by atoms with Crippen molar-refractivity contribution in [3.8, 4) is 0 Å². The Morgan fingerprint density at radius 2 is 1.55 bits per heavy atom. The minimum Gasteiger partial charge on any atom is -0.349 e. The number of hydrogen-bond donors (Lipinski definition) is 1. The number of hydrogen-bond acceptors (Lipinski definition) is 3. The van der Waals surface area contributed by atoms with Gasteiger partial charge in [0.2, 0.25) is 5.91 Å². The van der Waals surface area contributed by atoms with Crippen LogP contribution in [0.3, 0.4) is 0 Å². The van der Waals surface area contributed by atoms with E-state index < -0.39 is 10.0 Å². The average molecular weight is 457 g/mol. The molecule has 0 fully saturated rings. The Balaban J connectivity index is 1.64. The van der Waals surface area contributed by atoms with Crippen LogP contribution in [0.4, 0.5) is 5.69 Å². The number of carbonyl (C=O) groups excluding carboxylic acids is 1. The summed E-state index contributed by atoms with van der Waals surface area (Å²) in [6.07, 6.45) is 0.201. The number of sulfonamides is 1. The third-order valence-electron chi connectivity index (χ3n) is 5.09. The van der Waals surface area contributed by atoms with Crippen LogP contribution in [0.25, 0.3) is 0 Å². The number of benzene rings is 3. The Kier molecular flexibility index (Phi) is 7.03. The van der Waals surface area contributed by atoms with Gasteiger partial charge in [-0.25, -0.2) is 8.42 Å². The fourth-order valence-electron chi connectivity index (χ4n) is 3.14. The van der Waals surface area contributed by atoms with Gasteiger partial charge in [-0.1, -0.05) is 53.6 Å². The molecule has 3 aromatic carbocycles. The molecule has 162 valence electrons. The zero-order chi connectivity index (χ0) is 22.6. The number of nitrogens with zero attached hydrogens (tertiary/aromatic N) is 1. The third-order valence-corrected chi connectivity index (χ3v) is 7.14. The number of carbonyl (C=O) groups is 1. The highest BCUT2D eigenvalue weighted by Crippen LogP contribution is 2.23. The van der Waals surface area contributed by atoms with Gasteiger partial charge < -0.3 is 5.32 Å². The second-order valence-electron chi connectivity index (χ2n) is 7.47. The first-order valence-corrected chi connectivity index (χ1v) is 11.7. The number of rotatable bonds is 7. The van der Waals surface area contributed by atoms with E-state index >= 15 is 0 Å². The van der Waals surface area contributed by atoms with Crippen molar-refractivity contribution in [3.63, 3.8) is 0 Å². The first-order valence-electron chi connectivity index (χ1n) is 9.86. The van der Waals surface area contributed by atoms with Gasteiger partial charge in [0.05, 0.1) is 23.0 Å². The van der Waals surface area contributed by atoms with Gasteiger partial charge in [0.15, 0.2) is 0 Å². The molecule has 0 aliphatic heterocycles. The first-order chi connectivity index (χ1) is 14.7. The van der Waals surface area contributed by atoms with Crippen LogP contribution in [-0.2, 0) is 21.2 Å². The Bertz CT molecular complexity index is 1140. The first kappa shape index (κ1) is 22.8. The lowest BCUT2D eigenvalue weighted by Crippen LogP contribution is -2.28. The van der Waals surface area contributed by atoms with E-state index in [0.717, 1.165) is 16.7 Å². The second-order valence-corrected chi connectivity index (χ2v) is 9.88. The minimum absolute atomic E-state index is 0.115. The molecule has 1 N–H and O–H groups in total. The lowest BCUT2D eigenvalue weighted by Gasteiger charge is -2.20. The van der Waals surface area contributed by atoms with Gasteiger partial charge in [-0.3, -0.25) is 9.10 Å². The minimum atomic E-state index is -3.65. The number of amides is 1. The summed E-state index contributed by atoms with van der Waals surface area (Å²) in [6.45, 7) is 3.82. The van der Waals surface area contributed by atoms with Gasteiger partial charge in [-0.2, -0.15) is 0 Å². The van der Waals surface area contributed by atoms with Crippen molar-refractivity contribution in [1.29, 1.82) is 0 Å². The highest BCUT2D eigenvalue weighted by atomic mass is 35.5. The molecule has 1 amide bonds. The van der Waals surface area contributed by atoms with Crippen LogP contribution < -0.4 is 9.62 Å². The van der Waals surface area contributed by atoms with Crippen LogP contribution in [0.1, 0.15) is 29.7 Å². The van der Waals surface area contributed by atoms with Crippen molar-refractivity contribution in [2.75, 3.05) is 11.4 Å². The molecule has 0 aliphatic rings. The van der Waals surface area contributed by atoms with E-state index in [2.05, 4.69) is 5.32 Å². The molecule has 0 radical (unpaired) electrons. The monoisotopic (exact) mass is 456 g/mol. The smallest absolute Gasteiger partial charge is 0.264 e. The molecule has 0 unspecified atom stereocenters. The maximum atomic E-state index is 12.8. The highest BCUT2D eigenvalue weighted by molar-refractivity contribution is 7.92. The van der Waals surface area contributed by atoms with E-state index in [4.69, 9.17) is 11.6 Å². The number of halogens is 1. The second kappa shape index (κ2) is 9.54. The summed E-state index contributed by atoms with van der Waals surface area (Å²) in [5.41, 5.74) is 3.29. The molecule has 31 heavy (non-hydrogen) atoms. The third kappa shape index (κ3) is 5.66. The van der Waals surface area contributed by atoms with Gasteiger partial charge in [-0.15, -0.1) is 0 Å². The lowest BCUT2D eigenvalue weighted by atomic mass is 10.1. The molecule has 0 bridgehead atoms. The average Bonchev–Trinajstić information content (AvgIpc) is 2.74.